The highest BCUT2D eigenvalue weighted by Gasteiger charge is 2.36. The predicted molar refractivity (Wildman–Crippen MR) is 81.1 cm³/mol. The van der Waals surface area contributed by atoms with Gasteiger partial charge in [-0.25, -0.2) is 17.5 Å². The number of benzene rings is 1. The molecule has 1 aliphatic rings. The van der Waals surface area contributed by atoms with Gasteiger partial charge in [-0.2, -0.15) is 0 Å². The van der Waals surface area contributed by atoms with Crippen LogP contribution in [0.5, 0.6) is 0 Å². The number of nitrogens with one attached hydrogen (secondary N) is 2. The summed E-state index contributed by atoms with van der Waals surface area (Å²) in [5.74, 6) is -0.482. The van der Waals surface area contributed by atoms with Crippen molar-refractivity contribution in [3.05, 3.63) is 29.1 Å². The molecule has 0 atom stereocenters. The number of sulfonamides is 1. The number of hydrogen-bond donors (Lipinski definition) is 2. The first kappa shape index (κ1) is 16.4. The third kappa shape index (κ3) is 3.62. The van der Waals surface area contributed by atoms with Crippen LogP contribution in [0.4, 0.5) is 4.39 Å². The van der Waals surface area contributed by atoms with Gasteiger partial charge < -0.3 is 5.32 Å². The first-order valence-electron chi connectivity index (χ1n) is 7.31. The zero-order valence-corrected chi connectivity index (χ0v) is 13.6. The predicted octanol–water partition coefficient (Wildman–Crippen LogP) is 2.46. The van der Waals surface area contributed by atoms with Gasteiger partial charge in [0.2, 0.25) is 10.0 Å². The lowest BCUT2D eigenvalue weighted by atomic mass is 9.80. The Morgan fingerprint density at radius 3 is 2.52 bits per heavy atom. The Morgan fingerprint density at radius 1 is 1.33 bits per heavy atom. The standard InChI is InChI=1S/C15H23FN2O2S/c1-4-17-10-12-8-13(16)11(2)14(9-12)21(19,20)18-15(3)6-5-7-15/h8-9,17-18H,4-7,10H2,1-3H3. The van der Waals surface area contributed by atoms with Crippen LogP contribution in [0.15, 0.2) is 17.0 Å². The summed E-state index contributed by atoms with van der Waals surface area (Å²) in [6, 6.07) is 2.95. The van der Waals surface area contributed by atoms with Gasteiger partial charge in [-0.3, -0.25) is 0 Å². The molecule has 0 heterocycles. The van der Waals surface area contributed by atoms with E-state index in [4.69, 9.17) is 0 Å². The first-order valence-corrected chi connectivity index (χ1v) is 8.79. The number of halogens is 1. The van der Waals surface area contributed by atoms with Crippen molar-refractivity contribution in [2.75, 3.05) is 6.54 Å². The third-order valence-electron chi connectivity index (χ3n) is 4.06. The Morgan fingerprint density at radius 2 is 2.00 bits per heavy atom. The van der Waals surface area contributed by atoms with Gasteiger partial charge in [0.25, 0.3) is 0 Å². The molecule has 2 N–H and O–H groups in total. The maximum atomic E-state index is 14.0. The number of hydrogen-bond acceptors (Lipinski definition) is 3. The average Bonchev–Trinajstić information content (AvgIpc) is 2.37. The highest BCUT2D eigenvalue weighted by Crippen LogP contribution is 2.33. The van der Waals surface area contributed by atoms with E-state index in [1.807, 2.05) is 13.8 Å². The molecule has 6 heteroatoms. The quantitative estimate of drug-likeness (QED) is 0.848. The Kier molecular flexibility index (Phi) is 4.70. The average molecular weight is 314 g/mol. The fourth-order valence-corrected chi connectivity index (χ4v) is 4.32. The van der Waals surface area contributed by atoms with E-state index in [-0.39, 0.29) is 16.0 Å². The summed E-state index contributed by atoms with van der Waals surface area (Å²) in [6.45, 7) is 6.54. The summed E-state index contributed by atoms with van der Waals surface area (Å²) in [4.78, 5) is 0.0449. The molecular weight excluding hydrogens is 291 g/mol. The zero-order valence-electron chi connectivity index (χ0n) is 12.8. The molecule has 4 nitrogen and oxygen atoms in total. The lowest BCUT2D eigenvalue weighted by Gasteiger charge is -2.38. The van der Waals surface area contributed by atoms with Crippen molar-refractivity contribution < 1.29 is 12.8 Å². The van der Waals surface area contributed by atoms with Crippen molar-refractivity contribution >= 4 is 10.0 Å². The zero-order chi connectivity index (χ0) is 15.7. The monoisotopic (exact) mass is 314 g/mol. The molecular formula is C15H23FN2O2S. The van der Waals surface area contributed by atoms with Crippen molar-refractivity contribution in [2.24, 2.45) is 0 Å². The van der Waals surface area contributed by atoms with E-state index in [1.54, 1.807) is 6.07 Å². The molecule has 118 valence electrons. The first-order chi connectivity index (χ1) is 9.77. The second-order valence-electron chi connectivity index (χ2n) is 6.00. The van der Waals surface area contributed by atoms with Crippen LogP contribution < -0.4 is 10.0 Å². The SMILES string of the molecule is CCNCc1cc(F)c(C)c(S(=O)(=O)NC2(C)CCC2)c1. The summed E-state index contributed by atoms with van der Waals surface area (Å²) in [7, 11) is -3.70. The molecule has 0 unspecified atom stereocenters. The van der Waals surface area contributed by atoms with Gasteiger partial charge >= 0.3 is 0 Å². The minimum Gasteiger partial charge on any atom is -0.313 e. The fourth-order valence-electron chi connectivity index (χ4n) is 2.55. The molecule has 0 radical (unpaired) electrons. The summed E-state index contributed by atoms with van der Waals surface area (Å²) in [5, 5.41) is 3.08. The van der Waals surface area contributed by atoms with E-state index < -0.39 is 15.8 Å². The molecule has 1 aromatic rings. The Balaban J connectivity index is 2.34. The molecule has 1 fully saturated rings. The van der Waals surface area contributed by atoms with Crippen LogP contribution >= 0.6 is 0 Å². The highest BCUT2D eigenvalue weighted by atomic mass is 32.2. The third-order valence-corrected chi connectivity index (χ3v) is 5.83. The molecule has 1 aliphatic carbocycles. The van der Waals surface area contributed by atoms with E-state index in [1.165, 1.54) is 13.0 Å². The molecule has 0 aromatic heterocycles. The van der Waals surface area contributed by atoms with Crippen molar-refractivity contribution in [1.82, 2.24) is 10.0 Å². The van der Waals surface area contributed by atoms with Crippen molar-refractivity contribution in [3.63, 3.8) is 0 Å². The van der Waals surface area contributed by atoms with Crippen LogP contribution in [0.25, 0.3) is 0 Å². The van der Waals surface area contributed by atoms with Gasteiger partial charge in [0.15, 0.2) is 0 Å². The molecule has 1 aromatic carbocycles. The van der Waals surface area contributed by atoms with Crippen LogP contribution in [-0.4, -0.2) is 20.5 Å². The van der Waals surface area contributed by atoms with Crippen LogP contribution in [0.2, 0.25) is 0 Å². The molecule has 0 amide bonds. The molecule has 1 saturated carbocycles. The molecule has 0 saturated heterocycles. The lowest BCUT2D eigenvalue weighted by molar-refractivity contribution is 0.248. The Labute approximate surface area is 126 Å². The van der Waals surface area contributed by atoms with Crippen LogP contribution in [0, 0.1) is 12.7 Å². The molecule has 21 heavy (non-hydrogen) atoms. The van der Waals surface area contributed by atoms with Crippen molar-refractivity contribution in [1.29, 1.82) is 0 Å². The normalized spacial score (nSPS) is 17.5. The molecule has 0 bridgehead atoms. The largest absolute Gasteiger partial charge is 0.313 e. The van der Waals surface area contributed by atoms with Gasteiger partial charge in [-0.15, -0.1) is 0 Å². The maximum absolute atomic E-state index is 14.0. The van der Waals surface area contributed by atoms with Crippen LogP contribution in [0.3, 0.4) is 0 Å². The topological polar surface area (TPSA) is 58.2 Å². The maximum Gasteiger partial charge on any atom is 0.241 e. The van der Waals surface area contributed by atoms with Gasteiger partial charge in [-0.05, 0) is 57.4 Å². The molecule has 2 rings (SSSR count). The van der Waals surface area contributed by atoms with Gasteiger partial charge in [-0.1, -0.05) is 6.92 Å². The second kappa shape index (κ2) is 6.02. The van der Waals surface area contributed by atoms with E-state index in [0.29, 0.717) is 12.1 Å². The molecule has 0 aliphatic heterocycles. The summed E-state index contributed by atoms with van der Waals surface area (Å²) in [6.07, 6.45) is 2.67. The smallest absolute Gasteiger partial charge is 0.241 e. The van der Waals surface area contributed by atoms with Crippen molar-refractivity contribution in [3.8, 4) is 0 Å². The van der Waals surface area contributed by atoms with Gasteiger partial charge in [0, 0.05) is 17.6 Å². The Bertz CT molecular complexity index is 625. The molecule has 0 spiro atoms. The summed E-state index contributed by atoms with van der Waals surface area (Å²) >= 11 is 0. The minimum absolute atomic E-state index is 0.0449. The summed E-state index contributed by atoms with van der Waals surface area (Å²) < 4.78 is 41.8. The number of rotatable bonds is 6. The van der Waals surface area contributed by atoms with E-state index in [0.717, 1.165) is 25.8 Å². The highest BCUT2D eigenvalue weighted by molar-refractivity contribution is 7.89. The van der Waals surface area contributed by atoms with Crippen LogP contribution in [-0.2, 0) is 16.6 Å². The van der Waals surface area contributed by atoms with E-state index in [9.17, 15) is 12.8 Å². The van der Waals surface area contributed by atoms with E-state index in [2.05, 4.69) is 10.0 Å². The fraction of sp³-hybridized carbons (Fsp3) is 0.600. The van der Waals surface area contributed by atoms with E-state index >= 15 is 0 Å². The van der Waals surface area contributed by atoms with Crippen molar-refractivity contribution in [2.45, 2.75) is 57.0 Å². The van der Waals surface area contributed by atoms with Gasteiger partial charge in [0.05, 0.1) is 4.90 Å². The minimum atomic E-state index is -3.70. The second-order valence-corrected chi connectivity index (χ2v) is 7.65. The van der Waals surface area contributed by atoms with Crippen LogP contribution in [0.1, 0.15) is 44.2 Å². The van der Waals surface area contributed by atoms with Gasteiger partial charge in [0.1, 0.15) is 5.82 Å². The summed E-state index contributed by atoms with van der Waals surface area (Å²) in [5.41, 5.74) is 0.421. The lowest BCUT2D eigenvalue weighted by Crippen LogP contribution is -2.50. The Hall–Kier alpha value is -0.980.